The molecule has 0 spiro atoms. The lowest BCUT2D eigenvalue weighted by Crippen LogP contribution is -2.38. The Bertz CT molecular complexity index is 323. The average molecular weight is 197 g/mol. The zero-order valence-corrected chi connectivity index (χ0v) is 8.76. The molecule has 2 N–H and O–H groups in total. The molecule has 0 heterocycles. The smallest absolute Gasteiger partial charge is 0.123 e. The molecule has 0 aliphatic carbocycles. The van der Waals surface area contributed by atoms with Gasteiger partial charge >= 0.3 is 0 Å². The predicted molar refractivity (Wildman–Crippen MR) is 54.9 cm³/mol. The maximum atomic E-state index is 12.9. The van der Waals surface area contributed by atoms with E-state index >= 15 is 0 Å². The Kier molecular flexibility index (Phi) is 3.11. The first kappa shape index (κ1) is 11.0. The van der Waals surface area contributed by atoms with E-state index in [1.807, 2.05) is 20.9 Å². The lowest BCUT2D eigenvalue weighted by atomic mass is 9.94. The number of aromatic hydroxyl groups is 1. The highest BCUT2D eigenvalue weighted by Gasteiger charge is 2.17. The molecule has 0 saturated carbocycles. The highest BCUT2D eigenvalue weighted by Crippen LogP contribution is 2.22. The van der Waals surface area contributed by atoms with Crippen LogP contribution < -0.4 is 5.32 Å². The number of likely N-dealkylation sites (N-methyl/N-ethyl adjacent to an activating group) is 1. The van der Waals surface area contributed by atoms with Crippen LogP contribution in [0.2, 0.25) is 0 Å². The van der Waals surface area contributed by atoms with Crippen molar-refractivity contribution in [3.63, 3.8) is 0 Å². The van der Waals surface area contributed by atoms with Gasteiger partial charge in [0.15, 0.2) is 0 Å². The van der Waals surface area contributed by atoms with Crippen LogP contribution >= 0.6 is 0 Å². The molecule has 14 heavy (non-hydrogen) atoms. The molecule has 0 unspecified atom stereocenters. The number of benzene rings is 1. The second-order valence-corrected chi connectivity index (χ2v) is 4.08. The van der Waals surface area contributed by atoms with E-state index in [1.165, 1.54) is 18.2 Å². The second kappa shape index (κ2) is 3.96. The second-order valence-electron chi connectivity index (χ2n) is 4.08. The first-order valence-corrected chi connectivity index (χ1v) is 4.61. The average Bonchev–Trinajstić information content (AvgIpc) is 2.11. The maximum Gasteiger partial charge on any atom is 0.123 e. The molecule has 0 bridgehead atoms. The number of nitrogens with one attached hydrogen (secondary N) is 1. The topological polar surface area (TPSA) is 32.3 Å². The molecule has 0 amide bonds. The fourth-order valence-corrected chi connectivity index (χ4v) is 1.26. The summed E-state index contributed by atoms with van der Waals surface area (Å²) >= 11 is 0. The normalized spacial score (nSPS) is 11.7. The first-order chi connectivity index (χ1) is 6.44. The molecule has 2 nitrogen and oxygen atoms in total. The van der Waals surface area contributed by atoms with Gasteiger partial charge in [-0.3, -0.25) is 0 Å². The lowest BCUT2D eigenvalue weighted by molar-refractivity contribution is 0.404. The van der Waals surface area contributed by atoms with Gasteiger partial charge < -0.3 is 10.4 Å². The van der Waals surface area contributed by atoms with Gasteiger partial charge in [-0.15, -0.1) is 0 Å². The Labute approximate surface area is 83.8 Å². The summed E-state index contributed by atoms with van der Waals surface area (Å²) in [5, 5.41) is 12.6. The van der Waals surface area contributed by atoms with Gasteiger partial charge in [-0.1, -0.05) is 0 Å². The van der Waals surface area contributed by atoms with Gasteiger partial charge in [0.05, 0.1) is 0 Å². The quantitative estimate of drug-likeness (QED) is 0.777. The van der Waals surface area contributed by atoms with E-state index in [-0.39, 0.29) is 17.1 Å². The SMILES string of the molecule is CNC(C)(C)Cc1cc(F)ccc1O. The molecule has 0 aliphatic heterocycles. The zero-order valence-electron chi connectivity index (χ0n) is 8.76. The summed E-state index contributed by atoms with van der Waals surface area (Å²) < 4.78 is 12.9. The molecular formula is C11H16FNO. The van der Waals surface area contributed by atoms with Gasteiger partial charge in [0.2, 0.25) is 0 Å². The molecular weight excluding hydrogens is 181 g/mol. The zero-order chi connectivity index (χ0) is 10.8. The van der Waals surface area contributed by atoms with Gasteiger partial charge in [-0.25, -0.2) is 4.39 Å². The summed E-state index contributed by atoms with van der Waals surface area (Å²) in [6, 6.07) is 4.01. The van der Waals surface area contributed by atoms with Crippen molar-refractivity contribution in [1.29, 1.82) is 0 Å². The van der Waals surface area contributed by atoms with Crippen molar-refractivity contribution >= 4 is 0 Å². The van der Waals surface area contributed by atoms with Crippen molar-refractivity contribution < 1.29 is 9.50 Å². The molecule has 0 fully saturated rings. The lowest BCUT2D eigenvalue weighted by Gasteiger charge is -2.24. The number of phenols is 1. The predicted octanol–water partition coefficient (Wildman–Crippen LogP) is 2.07. The molecule has 0 aromatic heterocycles. The summed E-state index contributed by atoms with van der Waals surface area (Å²) in [4.78, 5) is 0. The highest BCUT2D eigenvalue weighted by atomic mass is 19.1. The van der Waals surface area contributed by atoms with Crippen molar-refractivity contribution in [2.45, 2.75) is 25.8 Å². The van der Waals surface area contributed by atoms with Crippen LogP contribution in [0.4, 0.5) is 4.39 Å². The Morgan fingerprint density at radius 3 is 2.64 bits per heavy atom. The Hall–Kier alpha value is -1.09. The van der Waals surface area contributed by atoms with Crippen LogP contribution in [0.5, 0.6) is 5.75 Å². The van der Waals surface area contributed by atoms with Crippen LogP contribution in [0.15, 0.2) is 18.2 Å². The minimum absolute atomic E-state index is 0.148. The molecule has 0 aliphatic rings. The molecule has 1 aromatic rings. The highest BCUT2D eigenvalue weighted by molar-refractivity contribution is 5.33. The third kappa shape index (κ3) is 2.70. The first-order valence-electron chi connectivity index (χ1n) is 4.61. The van der Waals surface area contributed by atoms with Gasteiger partial charge in [-0.05, 0) is 51.1 Å². The molecule has 0 radical (unpaired) electrons. The standard InChI is InChI=1S/C11H16FNO/c1-11(2,13-3)7-8-6-9(12)4-5-10(8)14/h4-6,13-14H,7H2,1-3H3. The molecule has 0 atom stereocenters. The number of phenolic OH excluding ortho intramolecular Hbond substituents is 1. The van der Waals surface area contributed by atoms with Crippen LogP contribution in [0.25, 0.3) is 0 Å². The fraction of sp³-hybridized carbons (Fsp3) is 0.455. The molecule has 1 aromatic carbocycles. The minimum Gasteiger partial charge on any atom is -0.508 e. The summed E-state index contributed by atoms with van der Waals surface area (Å²) in [6.07, 6.45) is 0.590. The van der Waals surface area contributed by atoms with Gasteiger partial charge in [-0.2, -0.15) is 0 Å². The maximum absolute atomic E-state index is 12.9. The van der Waals surface area contributed by atoms with Crippen molar-refractivity contribution in [2.75, 3.05) is 7.05 Å². The summed E-state index contributed by atoms with van der Waals surface area (Å²) in [5.41, 5.74) is 0.481. The summed E-state index contributed by atoms with van der Waals surface area (Å²) in [5.74, 6) is -0.167. The van der Waals surface area contributed by atoms with Crippen molar-refractivity contribution in [3.05, 3.63) is 29.6 Å². The molecule has 3 heteroatoms. The number of hydrogen-bond donors (Lipinski definition) is 2. The summed E-state index contributed by atoms with van der Waals surface area (Å²) in [6.45, 7) is 3.99. The Morgan fingerprint density at radius 2 is 2.07 bits per heavy atom. The van der Waals surface area contributed by atoms with E-state index in [1.54, 1.807) is 0 Å². The van der Waals surface area contributed by atoms with Crippen LogP contribution in [0, 0.1) is 5.82 Å². The van der Waals surface area contributed by atoms with E-state index in [9.17, 15) is 9.50 Å². The van der Waals surface area contributed by atoms with Crippen LogP contribution in [-0.4, -0.2) is 17.7 Å². The minimum atomic E-state index is -0.315. The fourth-order valence-electron chi connectivity index (χ4n) is 1.26. The Balaban J connectivity index is 2.91. The monoisotopic (exact) mass is 197 g/mol. The molecule has 0 saturated heterocycles. The van der Waals surface area contributed by atoms with Crippen LogP contribution in [-0.2, 0) is 6.42 Å². The van der Waals surface area contributed by atoms with Crippen molar-refractivity contribution in [3.8, 4) is 5.75 Å². The van der Waals surface area contributed by atoms with E-state index in [0.717, 1.165) is 0 Å². The Morgan fingerprint density at radius 1 is 1.43 bits per heavy atom. The van der Waals surface area contributed by atoms with E-state index in [2.05, 4.69) is 5.32 Å². The molecule has 1 rings (SSSR count). The van der Waals surface area contributed by atoms with Crippen LogP contribution in [0.1, 0.15) is 19.4 Å². The van der Waals surface area contributed by atoms with E-state index < -0.39 is 0 Å². The number of halogens is 1. The number of rotatable bonds is 3. The third-order valence-electron chi connectivity index (χ3n) is 2.35. The molecule has 78 valence electrons. The number of hydrogen-bond acceptors (Lipinski definition) is 2. The van der Waals surface area contributed by atoms with Gasteiger partial charge in [0.25, 0.3) is 0 Å². The van der Waals surface area contributed by atoms with E-state index in [0.29, 0.717) is 12.0 Å². The van der Waals surface area contributed by atoms with Crippen molar-refractivity contribution in [2.24, 2.45) is 0 Å². The largest absolute Gasteiger partial charge is 0.508 e. The van der Waals surface area contributed by atoms with E-state index in [4.69, 9.17) is 0 Å². The third-order valence-corrected chi connectivity index (χ3v) is 2.35. The van der Waals surface area contributed by atoms with Crippen molar-refractivity contribution in [1.82, 2.24) is 5.32 Å². The van der Waals surface area contributed by atoms with Gasteiger partial charge in [0.1, 0.15) is 11.6 Å². The van der Waals surface area contributed by atoms with Crippen LogP contribution in [0.3, 0.4) is 0 Å². The summed E-state index contributed by atoms with van der Waals surface area (Å²) in [7, 11) is 1.84. The van der Waals surface area contributed by atoms with Gasteiger partial charge in [0, 0.05) is 5.54 Å².